The van der Waals surface area contributed by atoms with Gasteiger partial charge >= 0.3 is 0 Å². The van der Waals surface area contributed by atoms with Crippen molar-refractivity contribution in [3.05, 3.63) is 108 Å². The van der Waals surface area contributed by atoms with Gasteiger partial charge in [0.2, 0.25) is 5.91 Å². The minimum Gasteiger partial charge on any atom is -0.354 e. The quantitative estimate of drug-likeness (QED) is 0.276. The van der Waals surface area contributed by atoms with Crippen molar-refractivity contribution in [2.75, 3.05) is 17.4 Å². The van der Waals surface area contributed by atoms with E-state index in [0.29, 0.717) is 18.2 Å². The second-order valence-corrected chi connectivity index (χ2v) is 11.7. The van der Waals surface area contributed by atoms with Crippen molar-refractivity contribution in [1.29, 1.82) is 0 Å². The van der Waals surface area contributed by atoms with Gasteiger partial charge in [-0.05, 0) is 64.4 Å². The van der Waals surface area contributed by atoms with E-state index in [1.165, 1.54) is 20.6 Å². The van der Waals surface area contributed by atoms with Crippen LogP contribution >= 0.6 is 0 Å². The first-order chi connectivity index (χ1) is 17.8. The van der Waals surface area contributed by atoms with Crippen molar-refractivity contribution < 1.29 is 13.2 Å². The number of carbonyl (C=O) groups excluding carboxylic acids is 1. The molecule has 5 nitrogen and oxygen atoms in total. The number of hydrogen-bond donors (Lipinski definition) is 1. The third kappa shape index (κ3) is 6.38. The number of hydrogen-bond acceptors (Lipinski definition) is 3. The molecule has 6 heteroatoms. The van der Waals surface area contributed by atoms with Gasteiger partial charge < -0.3 is 5.32 Å². The Morgan fingerprint density at radius 1 is 0.811 bits per heavy atom. The van der Waals surface area contributed by atoms with Crippen molar-refractivity contribution in [2.24, 2.45) is 5.92 Å². The predicted molar refractivity (Wildman–Crippen MR) is 151 cm³/mol. The summed E-state index contributed by atoms with van der Waals surface area (Å²) in [5, 5.41) is 5.37. The first kappa shape index (κ1) is 26.4. The molecule has 0 aliphatic carbocycles. The molecule has 0 fully saturated rings. The van der Waals surface area contributed by atoms with Crippen LogP contribution in [0.2, 0.25) is 0 Å². The van der Waals surface area contributed by atoms with E-state index in [9.17, 15) is 13.2 Å². The minimum absolute atomic E-state index is 0.153. The molecule has 0 heterocycles. The summed E-state index contributed by atoms with van der Waals surface area (Å²) in [5.41, 5.74) is 2.80. The highest BCUT2D eigenvalue weighted by atomic mass is 32.2. The first-order valence-electron chi connectivity index (χ1n) is 12.7. The fraction of sp³-hybridized carbons (Fsp3) is 0.258. The zero-order valence-corrected chi connectivity index (χ0v) is 22.4. The Labute approximate surface area is 220 Å². The van der Waals surface area contributed by atoms with Crippen LogP contribution in [0.1, 0.15) is 37.8 Å². The summed E-state index contributed by atoms with van der Waals surface area (Å²) in [7, 11) is -3.92. The monoisotopic (exact) mass is 514 g/mol. The fourth-order valence-electron chi connectivity index (χ4n) is 4.45. The number of anilines is 1. The van der Waals surface area contributed by atoms with Crippen LogP contribution in [0, 0.1) is 5.92 Å². The van der Waals surface area contributed by atoms with E-state index in [1.54, 1.807) is 42.5 Å². The zero-order chi connectivity index (χ0) is 26.4. The standard InChI is InChI=1S/C31H34N2O3S/c1-23(2)25-16-18-28(19-17-25)33(37(35,36)29-13-5-4-6-14-29)22-31(34)32-21-24(3)20-27-12-9-11-26-10-7-8-15-30(26)27/h4-19,23-24H,20-22H2,1-3H3,(H,32,34). The summed E-state index contributed by atoms with van der Waals surface area (Å²) in [4.78, 5) is 13.2. The summed E-state index contributed by atoms with van der Waals surface area (Å²) in [5.74, 6) is 0.163. The highest BCUT2D eigenvalue weighted by Gasteiger charge is 2.27. The van der Waals surface area contributed by atoms with Crippen molar-refractivity contribution in [1.82, 2.24) is 5.32 Å². The number of sulfonamides is 1. The molecule has 0 aliphatic rings. The maximum absolute atomic E-state index is 13.5. The maximum Gasteiger partial charge on any atom is 0.264 e. The van der Waals surface area contributed by atoms with E-state index in [-0.39, 0.29) is 23.3 Å². The van der Waals surface area contributed by atoms with E-state index in [1.807, 2.05) is 24.3 Å². The smallest absolute Gasteiger partial charge is 0.264 e. The molecule has 0 saturated heterocycles. The summed E-state index contributed by atoms with van der Waals surface area (Å²) in [6, 6.07) is 30.2. The van der Waals surface area contributed by atoms with E-state index in [0.717, 1.165) is 12.0 Å². The molecule has 4 aromatic carbocycles. The SMILES string of the molecule is CC(CNC(=O)CN(c1ccc(C(C)C)cc1)S(=O)(=O)c1ccccc1)Cc1cccc2ccccc12. The Kier molecular flexibility index (Phi) is 8.29. The molecule has 0 bridgehead atoms. The predicted octanol–water partition coefficient (Wildman–Crippen LogP) is 6.15. The molecule has 1 unspecified atom stereocenters. The van der Waals surface area contributed by atoms with Gasteiger partial charge in [-0.15, -0.1) is 0 Å². The fourth-order valence-corrected chi connectivity index (χ4v) is 5.89. The van der Waals surface area contributed by atoms with Gasteiger partial charge in [-0.2, -0.15) is 0 Å². The molecule has 0 radical (unpaired) electrons. The molecule has 1 atom stereocenters. The molecule has 0 aliphatic heterocycles. The van der Waals surface area contributed by atoms with Crippen LogP contribution in [-0.4, -0.2) is 27.4 Å². The van der Waals surface area contributed by atoms with Crippen LogP contribution in [0.4, 0.5) is 5.69 Å². The van der Waals surface area contributed by atoms with Crippen molar-refractivity contribution in [3.63, 3.8) is 0 Å². The van der Waals surface area contributed by atoms with Crippen molar-refractivity contribution in [2.45, 2.75) is 38.0 Å². The van der Waals surface area contributed by atoms with Gasteiger partial charge in [0.25, 0.3) is 10.0 Å². The highest BCUT2D eigenvalue weighted by molar-refractivity contribution is 7.92. The summed E-state index contributed by atoms with van der Waals surface area (Å²) < 4.78 is 28.3. The van der Waals surface area contributed by atoms with E-state index >= 15 is 0 Å². The van der Waals surface area contributed by atoms with Gasteiger partial charge in [0.1, 0.15) is 6.54 Å². The van der Waals surface area contributed by atoms with Crippen molar-refractivity contribution in [3.8, 4) is 0 Å². The highest BCUT2D eigenvalue weighted by Crippen LogP contribution is 2.26. The summed E-state index contributed by atoms with van der Waals surface area (Å²) in [6.07, 6.45) is 0.810. The molecule has 192 valence electrons. The Balaban J connectivity index is 1.48. The molecule has 0 saturated carbocycles. The summed E-state index contributed by atoms with van der Waals surface area (Å²) >= 11 is 0. The Morgan fingerprint density at radius 3 is 2.16 bits per heavy atom. The van der Waals surface area contributed by atoms with Crippen molar-refractivity contribution >= 4 is 32.4 Å². The number of nitrogens with zero attached hydrogens (tertiary/aromatic N) is 1. The third-order valence-electron chi connectivity index (χ3n) is 6.56. The lowest BCUT2D eigenvalue weighted by molar-refractivity contribution is -0.119. The van der Waals surface area contributed by atoms with Crippen LogP contribution in [0.5, 0.6) is 0 Å². The zero-order valence-electron chi connectivity index (χ0n) is 21.6. The van der Waals surface area contributed by atoms with Crippen LogP contribution in [-0.2, 0) is 21.2 Å². The minimum atomic E-state index is -3.92. The topological polar surface area (TPSA) is 66.5 Å². The summed E-state index contributed by atoms with van der Waals surface area (Å²) in [6.45, 7) is 6.42. The first-order valence-corrected chi connectivity index (χ1v) is 14.1. The average molecular weight is 515 g/mol. The number of carbonyl (C=O) groups is 1. The van der Waals surface area contributed by atoms with Gasteiger partial charge in [-0.3, -0.25) is 9.10 Å². The molecule has 37 heavy (non-hydrogen) atoms. The lowest BCUT2D eigenvalue weighted by Crippen LogP contribution is -2.42. The second-order valence-electron chi connectivity index (χ2n) is 9.82. The lowest BCUT2D eigenvalue weighted by atomic mass is 9.96. The normalized spacial score (nSPS) is 12.4. The maximum atomic E-state index is 13.5. The van der Waals surface area contributed by atoms with E-state index in [4.69, 9.17) is 0 Å². The van der Waals surface area contributed by atoms with Crippen LogP contribution in [0.15, 0.2) is 102 Å². The lowest BCUT2D eigenvalue weighted by Gasteiger charge is -2.25. The molecular formula is C31H34N2O3S. The molecule has 4 rings (SSSR count). The van der Waals surface area contributed by atoms with E-state index < -0.39 is 10.0 Å². The molecule has 1 amide bonds. The number of amides is 1. The van der Waals surface area contributed by atoms with Crippen LogP contribution in [0.25, 0.3) is 10.8 Å². The molecule has 1 N–H and O–H groups in total. The third-order valence-corrected chi connectivity index (χ3v) is 8.35. The molecule has 0 spiro atoms. The van der Waals surface area contributed by atoms with Gasteiger partial charge in [0.05, 0.1) is 10.6 Å². The molecular weight excluding hydrogens is 480 g/mol. The number of fused-ring (bicyclic) bond motifs is 1. The number of rotatable bonds is 10. The van der Waals surface area contributed by atoms with Gasteiger partial charge in [-0.1, -0.05) is 93.6 Å². The van der Waals surface area contributed by atoms with Gasteiger partial charge in [-0.25, -0.2) is 8.42 Å². The number of nitrogens with one attached hydrogen (secondary N) is 1. The largest absolute Gasteiger partial charge is 0.354 e. The van der Waals surface area contributed by atoms with Gasteiger partial charge in [0.15, 0.2) is 0 Å². The average Bonchev–Trinajstić information content (AvgIpc) is 2.91. The van der Waals surface area contributed by atoms with E-state index in [2.05, 4.69) is 56.4 Å². The van der Waals surface area contributed by atoms with Crippen LogP contribution < -0.4 is 9.62 Å². The van der Waals surface area contributed by atoms with Crippen LogP contribution in [0.3, 0.4) is 0 Å². The van der Waals surface area contributed by atoms with Gasteiger partial charge in [0, 0.05) is 6.54 Å². The number of benzene rings is 4. The Bertz CT molecular complexity index is 1440. The Morgan fingerprint density at radius 2 is 1.46 bits per heavy atom. The molecule has 4 aromatic rings. The molecule has 0 aromatic heterocycles. The Hall–Kier alpha value is -3.64. The second kappa shape index (κ2) is 11.6.